The number of hydrogen-bond acceptors (Lipinski definition) is 4. The SMILES string of the molecule is COc1ccc(CN2CCC([C@H](C)O)CC2)c(Cl)c1OC. The molecule has 5 heteroatoms. The number of likely N-dealkylation sites (tertiary alicyclic amines) is 1. The molecule has 0 unspecified atom stereocenters. The number of ether oxygens (including phenoxy) is 2. The monoisotopic (exact) mass is 313 g/mol. The Labute approximate surface area is 131 Å². The van der Waals surface area contributed by atoms with Gasteiger partial charge < -0.3 is 14.6 Å². The number of aliphatic hydroxyl groups is 1. The van der Waals surface area contributed by atoms with Gasteiger partial charge in [-0.15, -0.1) is 0 Å². The van der Waals surface area contributed by atoms with Crippen LogP contribution in [0, 0.1) is 5.92 Å². The molecule has 1 heterocycles. The van der Waals surface area contributed by atoms with Crippen molar-refractivity contribution in [1.29, 1.82) is 0 Å². The molecule has 0 aliphatic carbocycles. The number of rotatable bonds is 5. The molecule has 1 atom stereocenters. The van der Waals surface area contributed by atoms with Crippen molar-refractivity contribution in [1.82, 2.24) is 4.90 Å². The molecule has 1 fully saturated rings. The van der Waals surface area contributed by atoms with Crippen LogP contribution in [0.25, 0.3) is 0 Å². The van der Waals surface area contributed by atoms with E-state index in [4.69, 9.17) is 21.1 Å². The van der Waals surface area contributed by atoms with Crippen LogP contribution in [0.3, 0.4) is 0 Å². The summed E-state index contributed by atoms with van der Waals surface area (Å²) in [6.45, 7) is 4.65. The normalized spacial score (nSPS) is 18.5. The average molecular weight is 314 g/mol. The third-order valence-corrected chi connectivity index (χ3v) is 4.69. The summed E-state index contributed by atoms with van der Waals surface area (Å²) < 4.78 is 10.6. The van der Waals surface area contributed by atoms with Gasteiger partial charge in [-0.2, -0.15) is 0 Å². The van der Waals surface area contributed by atoms with E-state index in [0.717, 1.165) is 38.0 Å². The summed E-state index contributed by atoms with van der Waals surface area (Å²) in [5.74, 6) is 1.66. The molecule has 0 spiro atoms. The third kappa shape index (κ3) is 3.82. The molecule has 1 aromatic rings. The minimum absolute atomic E-state index is 0.211. The van der Waals surface area contributed by atoms with Crippen molar-refractivity contribution < 1.29 is 14.6 Å². The van der Waals surface area contributed by atoms with E-state index >= 15 is 0 Å². The first kappa shape index (κ1) is 16.4. The predicted molar refractivity (Wildman–Crippen MR) is 84.2 cm³/mol. The summed E-state index contributed by atoms with van der Waals surface area (Å²) in [5, 5.41) is 10.3. The van der Waals surface area contributed by atoms with Crippen LogP contribution in [0.1, 0.15) is 25.3 Å². The molecule has 4 nitrogen and oxygen atoms in total. The average Bonchev–Trinajstić information content (AvgIpc) is 2.49. The summed E-state index contributed by atoms with van der Waals surface area (Å²) in [4.78, 5) is 2.37. The molecule has 0 aromatic heterocycles. The van der Waals surface area contributed by atoms with E-state index in [9.17, 15) is 5.11 Å². The van der Waals surface area contributed by atoms with Crippen molar-refractivity contribution in [2.75, 3.05) is 27.3 Å². The molecule has 1 aliphatic heterocycles. The summed E-state index contributed by atoms with van der Waals surface area (Å²) in [7, 11) is 3.20. The van der Waals surface area contributed by atoms with E-state index in [0.29, 0.717) is 22.4 Å². The molecule has 1 aliphatic rings. The molecular formula is C16H24ClNO3. The molecule has 0 amide bonds. The van der Waals surface area contributed by atoms with Gasteiger partial charge in [-0.05, 0) is 50.4 Å². The Morgan fingerprint density at radius 3 is 2.48 bits per heavy atom. The second-order valence-electron chi connectivity index (χ2n) is 5.63. The second-order valence-corrected chi connectivity index (χ2v) is 6.01. The van der Waals surface area contributed by atoms with Crippen molar-refractivity contribution >= 4 is 11.6 Å². The topological polar surface area (TPSA) is 41.9 Å². The number of halogens is 1. The number of aliphatic hydroxyl groups excluding tert-OH is 1. The molecule has 0 saturated carbocycles. The van der Waals surface area contributed by atoms with Gasteiger partial charge in [0.15, 0.2) is 11.5 Å². The van der Waals surface area contributed by atoms with E-state index in [1.807, 2.05) is 19.1 Å². The summed E-state index contributed by atoms with van der Waals surface area (Å²) in [5.41, 5.74) is 1.05. The highest BCUT2D eigenvalue weighted by Crippen LogP contribution is 2.38. The van der Waals surface area contributed by atoms with Crippen LogP contribution in [-0.2, 0) is 6.54 Å². The lowest BCUT2D eigenvalue weighted by atomic mass is 9.92. The number of hydrogen-bond donors (Lipinski definition) is 1. The van der Waals surface area contributed by atoms with Crippen LogP contribution in [0.5, 0.6) is 11.5 Å². The van der Waals surface area contributed by atoms with Gasteiger partial charge in [-0.25, -0.2) is 0 Å². The van der Waals surface area contributed by atoms with Gasteiger partial charge in [-0.1, -0.05) is 17.7 Å². The maximum atomic E-state index is 9.65. The fraction of sp³-hybridized carbons (Fsp3) is 0.625. The van der Waals surface area contributed by atoms with Crippen molar-refractivity contribution in [2.45, 2.75) is 32.4 Å². The lowest BCUT2D eigenvalue weighted by Crippen LogP contribution is -2.36. The van der Waals surface area contributed by atoms with Crippen LogP contribution >= 0.6 is 11.6 Å². The zero-order valence-electron chi connectivity index (χ0n) is 12.9. The second kappa shape index (κ2) is 7.34. The lowest BCUT2D eigenvalue weighted by molar-refractivity contribution is 0.0695. The van der Waals surface area contributed by atoms with Crippen LogP contribution in [0.4, 0.5) is 0 Å². The molecule has 1 N–H and O–H groups in total. The Kier molecular flexibility index (Phi) is 5.73. The van der Waals surface area contributed by atoms with Crippen LogP contribution in [-0.4, -0.2) is 43.4 Å². The zero-order valence-corrected chi connectivity index (χ0v) is 13.7. The minimum atomic E-state index is -0.211. The number of nitrogens with zero attached hydrogens (tertiary/aromatic N) is 1. The summed E-state index contributed by atoms with van der Waals surface area (Å²) >= 11 is 6.42. The minimum Gasteiger partial charge on any atom is -0.493 e. The van der Waals surface area contributed by atoms with E-state index < -0.39 is 0 Å². The van der Waals surface area contributed by atoms with Crippen molar-refractivity contribution in [2.24, 2.45) is 5.92 Å². The van der Waals surface area contributed by atoms with Crippen molar-refractivity contribution in [3.63, 3.8) is 0 Å². The highest BCUT2D eigenvalue weighted by molar-refractivity contribution is 6.33. The van der Waals surface area contributed by atoms with Gasteiger partial charge in [0.2, 0.25) is 0 Å². The van der Waals surface area contributed by atoms with Gasteiger partial charge >= 0.3 is 0 Å². The third-order valence-electron chi connectivity index (χ3n) is 4.27. The van der Waals surface area contributed by atoms with Gasteiger partial charge in [0.05, 0.1) is 25.3 Å². The standard InChI is InChI=1S/C16H24ClNO3/c1-11(19)12-6-8-18(9-7-12)10-13-4-5-14(20-2)16(21-3)15(13)17/h4-5,11-12,19H,6-10H2,1-3H3/t11-/m0/s1. The van der Waals surface area contributed by atoms with E-state index in [2.05, 4.69) is 4.90 Å². The Bertz CT molecular complexity index is 471. The van der Waals surface area contributed by atoms with Crippen LogP contribution < -0.4 is 9.47 Å². The van der Waals surface area contributed by atoms with Gasteiger partial charge in [0.25, 0.3) is 0 Å². The molecule has 21 heavy (non-hydrogen) atoms. The van der Waals surface area contributed by atoms with Crippen LogP contribution in [0.2, 0.25) is 5.02 Å². The molecule has 1 aromatic carbocycles. The van der Waals surface area contributed by atoms with Gasteiger partial charge in [0.1, 0.15) is 0 Å². The van der Waals surface area contributed by atoms with Crippen molar-refractivity contribution in [3.05, 3.63) is 22.7 Å². The number of piperidine rings is 1. The largest absolute Gasteiger partial charge is 0.493 e. The molecule has 2 rings (SSSR count). The molecule has 118 valence electrons. The van der Waals surface area contributed by atoms with Gasteiger partial charge in [-0.3, -0.25) is 4.90 Å². The van der Waals surface area contributed by atoms with Crippen LogP contribution in [0.15, 0.2) is 12.1 Å². The zero-order chi connectivity index (χ0) is 15.4. The van der Waals surface area contributed by atoms with E-state index in [-0.39, 0.29) is 6.10 Å². The summed E-state index contributed by atoms with van der Waals surface area (Å²) in [6.07, 6.45) is 1.85. The van der Waals surface area contributed by atoms with E-state index in [1.54, 1.807) is 14.2 Å². The first-order valence-corrected chi connectivity index (χ1v) is 7.74. The van der Waals surface area contributed by atoms with Gasteiger partial charge in [0, 0.05) is 6.54 Å². The fourth-order valence-corrected chi connectivity index (χ4v) is 3.18. The predicted octanol–water partition coefficient (Wildman–Crippen LogP) is 2.95. The Morgan fingerprint density at radius 1 is 1.29 bits per heavy atom. The fourth-order valence-electron chi connectivity index (χ4n) is 2.89. The molecule has 0 bridgehead atoms. The Morgan fingerprint density at radius 2 is 1.95 bits per heavy atom. The maximum absolute atomic E-state index is 9.65. The molecule has 0 radical (unpaired) electrons. The first-order valence-electron chi connectivity index (χ1n) is 7.36. The lowest BCUT2D eigenvalue weighted by Gasteiger charge is -2.33. The van der Waals surface area contributed by atoms with E-state index in [1.165, 1.54) is 0 Å². The Hall–Kier alpha value is -0.970. The quantitative estimate of drug-likeness (QED) is 0.907. The highest BCUT2D eigenvalue weighted by atomic mass is 35.5. The highest BCUT2D eigenvalue weighted by Gasteiger charge is 2.23. The molecule has 1 saturated heterocycles. The van der Waals surface area contributed by atoms with Crippen molar-refractivity contribution in [3.8, 4) is 11.5 Å². The number of methoxy groups -OCH3 is 2. The first-order chi connectivity index (χ1) is 10.1. The Balaban J connectivity index is 2.04. The smallest absolute Gasteiger partial charge is 0.179 e. The maximum Gasteiger partial charge on any atom is 0.179 e. The summed E-state index contributed by atoms with van der Waals surface area (Å²) in [6, 6.07) is 3.88. The molecular weight excluding hydrogens is 290 g/mol. The number of benzene rings is 1.